The minimum Gasteiger partial charge on any atom is -0.497 e. The number of rotatable bonds is 8. The van der Waals surface area contributed by atoms with E-state index in [0.29, 0.717) is 17.1 Å². The first-order valence-electron chi connectivity index (χ1n) is 10.3. The van der Waals surface area contributed by atoms with Crippen LogP contribution < -0.4 is 20.3 Å². The summed E-state index contributed by atoms with van der Waals surface area (Å²) >= 11 is 1.16. The Morgan fingerprint density at radius 3 is 2.40 bits per heavy atom. The van der Waals surface area contributed by atoms with E-state index < -0.39 is 27.5 Å². The molecular formula is C23H21N5O5S2. The molecule has 0 fully saturated rings. The number of benzene rings is 2. The van der Waals surface area contributed by atoms with Crippen LogP contribution >= 0.6 is 11.3 Å². The third-order valence-electron chi connectivity index (χ3n) is 5.04. The molecule has 4 aromatic rings. The number of aromatic nitrogens is 3. The van der Waals surface area contributed by atoms with Crippen molar-refractivity contribution in [2.24, 2.45) is 0 Å². The van der Waals surface area contributed by atoms with Crippen LogP contribution in [0.15, 0.2) is 81.9 Å². The van der Waals surface area contributed by atoms with Crippen molar-refractivity contribution in [3.05, 3.63) is 82.6 Å². The molecule has 35 heavy (non-hydrogen) atoms. The lowest BCUT2D eigenvalue weighted by molar-refractivity contribution is -0.119. The third-order valence-corrected chi connectivity index (χ3v) is 7.22. The number of nitrogens with zero attached hydrogens (tertiary/aromatic N) is 3. The molecule has 2 heterocycles. The largest absolute Gasteiger partial charge is 0.497 e. The van der Waals surface area contributed by atoms with E-state index in [4.69, 9.17) is 4.74 Å². The lowest BCUT2D eigenvalue weighted by Crippen LogP contribution is -2.33. The van der Waals surface area contributed by atoms with Crippen LogP contribution in [0, 0.1) is 0 Å². The Kier molecular flexibility index (Phi) is 6.94. The molecule has 0 bridgehead atoms. The van der Waals surface area contributed by atoms with Crippen LogP contribution in [0.4, 0.5) is 10.8 Å². The molecule has 0 aliphatic rings. The minimum absolute atomic E-state index is 0.0174. The van der Waals surface area contributed by atoms with Crippen molar-refractivity contribution in [2.75, 3.05) is 17.1 Å². The van der Waals surface area contributed by atoms with Gasteiger partial charge in [0.05, 0.1) is 17.7 Å². The predicted molar refractivity (Wildman–Crippen MR) is 133 cm³/mol. The van der Waals surface area contributed by atoms with Gasteiger partial charge in [-0.05, 0) is 61.5 Å². The molecule has 0 radical (unpaired) electrons. The fraction of sp³-hybridized carbons (Fsp3) is 0.130. The average Bonchev–Trinajstić information content (AvgIpc) is 3.36. The van der Waals surface area contributed by atoms with Crippen molar-refractivity contribution in [1.82, 2.24) is 14.8 Å². The number of carbonyl (C=O) groups is 1. The van der Waals surface area contributed by atoms with Gasteiger partial charge in [-0.15, -0.1) is 11.3 Å². The van der Waals surface area contributed by atoms with Crippen molar-refractivity contribution in [1.29, 1.82) is 0 Å². The molecule has 0 saturated heterocycles. The second kappa shape index (κ2) is 10.1. The van der Waals surface area contributed by atoms with Crippen molar-refractivity contribution in [2.45, 2.75) is 17.9 Å². The molecule has 4 rings (SSSR count). The molecule has 2 aromatic heterocycles. The van der Waals surface area contributed by atoms with E-state index in [-0.39, 0.29) is 10.0 Å². The lowest BCUT2D eigenvalue weighted by Gasteiger charge is -2.15. The SMILES string of the molecule is COc1ccc(-c2ccc(=O)n(C(C)C(=O)Nc3ccc(S(=O)(=O)Nc4nccs4)cc3)n2)cc1. The van der Waals surface area contributed by atoms with Crippen molar-refractivity contribution < 1.29 is 17.9 Å². The zero-order valence-electron chi connectivity index (χ0n) is 18.7. The van der Waals surface area contributed by atoms with E-state index in [1.165, 1.54) is 36.5 Å². The van der Waals surface area contributed by atoms with Gasteiger partial charge in [0.2, 0.25) is 5.91 Å². The molecule has 180 valence electrons. The molecule has 2 N–H and O–H groups in total. The monoisotopic (exact) mass is 511 g/mol. The average molecular weight is 512 g/mol. The normalized spacial score (nSPS) is 12.1. The van der Waals surface area contributed by atoms with Gasteiger partial charge >= 0.3 is 0 Å². The molecule has 0 aliphatic heterocycles. The van der Waals surface area contributed by atoms with E-state index in [1.54, 1.807) is 49.7 Å². The summed E-state index contributed by atoms with van der Waals surface area (Å²) in [6.45, 7) is 1.55. The number of methoxy groups -OCH3 is 1. The van der Waals surface area contributed by atoms with Gasteiger partial charge in [-0.3, -0.25) is 14.3 Å². The van der Waals surface area contributed by atoms with Crippen LogP contribution in [-0.2, 0) is 14.8 Å². The summed E-state index contributed by atoms with van der Waals surface area (Å²) in [5.74, 6) is 0.204. The van der Waals surface area contributed by atoms with Gasteiger partial charge in [0.1, 0.15) is 11.8 Å². The van der Waals surface area contributed by atoms with E-state index in [9.17, 15) is 18.0 Å². The maximum Gasteiger partial charge on any atom is 0.267 e. The number of nitrogens with one attached hydrogen (secondary N) is 2. The third kappa shape index (κ3) is 5.55. The van der Waals surface area contributed by atoms with Gasteiger partial charge < -0.3 is 10.1 Å². The van der Waals surface area contributed by atoms with Gasteiger partial charge in [0.25, 0.3) is 15.6 Å². The summed E-state index contributed by atoms with van der Waals surface area (Å²) in [5.41, 5.74) is 1.22. The number of ether oxygens (including phenoxy) is 1. The van der Waals surface area contributed by atoms with Crippen molar-refractivity contribution in [3.8, 4) is 17.0 Å². The highest BCUT2D eigenvalue weighted by molar-refractivity contribution is 7.93. The zero-order chi connectivity index (χ0) is 25.0. The summed E-state index contributed by atoms with van der Waals surface area (Å²) < 4.78 is 33.6. The van der Waals surface area contributed by atoms with Crippen molar-refractivity contribution in [3.63, 3.8) is 0 Å². The number of carbonyl (C=O) groups excluding carboxylic acids is 1. The molecule has 1 atom stereocenters. The van der Waals surface area contributed by atoms with Crippen LogP contribution in [-0.4, -0.2) is 36.2 Å². The molecular weight excluding hydrogens is 490 g/mol. The van der Waals surface area contributed by atoms with E-state index in [2.05, 4.69) is 20.1 Å². The maximum absolute atomic E-state index is 12.8. The molecule has 0 spiro atoms. The molecule has 2 aromatic carbocycles. The van der Waals surface area contributed by atoms with Gasteiger partial charge in [0.15, 0.2) is 5.13 Å². The number of anilines is 2. The summed E-state index contributed by atoms with van der Waals surface area (Å²) in [5, 5.41) is 8.95. The number of hydrogen-bond donors (Lipinski definition) is 2. The molecule has 10 nitrogen and oxygen atoms in total. The van der Waals surface area contributed by atoms with E-state index in [0.717, 1.165) is 21.6 Å². The summed E-state index contributed by atoms with van der Waals surface area (Å²) in [6, 6.07) is 14.8. The standard InChI is InChI=1S/C23H21N5O5S2/c1-15(28-21(29)12-11-20(26-28)16-3-7-18(33-2)8-4-16)22(30)25-17-5-9-19(10-6-17)35(31,32)27-23-24-13-14-34-23/h3-15H,1-2H3,(H,24,27)(H,25,30). The quantitative estimate of drug-likeness (QED) is 0.371. The number of hydrogen-bond acceptors (Lipinski definition) is 8. The number of amides is 1. The smallest absolute Gasteiger partial charge is 0.267 e. The zero-order valence-corrected chi connectivity index (χ0v) is 20.3. The number of thiazole rings is 1. The first-order valence-corrected chi connectivity index (χ1v) is 12.7. The predicted octanol–water partition coefficient (Wildman–Crippen LogP) is 3.38. The van der Waals surface area contributed by atoms with Crippen LogP contribution in [0.25, 0.3) is 11.3 Å². The Balaban J connectivity index is 1.48. The fourth-order valence-electron chi connectivity index (χ4n) is 3.14. The van der Waals surface area contributed by atoms with Crippen LogP contribution in [0.1, 0.15) is 13.0 Å². The summed E-state index contributed by atoms with van der Waals surface area (Å²) in [6.07, 6.45) is 1.50. The molecule has 0 aliphatic carbocycles. The second-order valence-electron chi connectivity index (χ2n) is 7.36. The van der Waals surface area contributed by atoms with Crippen LogP contribution in [0.3, 0.4) is 0 Å². The minimum atomic E-state index is -3.81. The topological polar surface area (TPSA) is 132 Å². The van der Waals surface area contributed by atoms with Gasteiger partial charge in [-0.1, -0.05) is 0 Å². The van der Waals surface area contributed by atoms with Gasteiger partial charge in [0, 0.05) is 28.9 Å². The highest BCUT2D eigenvalue weighted by Crippen LogP contribution is 2.22. The highest BCUT2D eigenvalue weighted by atomic mass is 32.2. The van der Waals surface area contributed by atoms with Crippen molar-refractivity contribution >= 4 is 38.1 Å². The number of sulfonamides is 1. The van der Waals surface area contributed by atoms with Crippen LogP contribution in [0.2, 0.25) is 0 Å². The van der Waals surface area contributed by atoms with Crippen LogP contribution in [0.5, 0.6) is 5.75 Å². The summed E-state index contributed by atoms with van der Waals surface area (Å²) in [7, 11) is -2.24. The Labute approximate surface area is 205 Å². The summed E-state index contributed by atoms with van der Waals surface area (Å²) in [4.78, 5) is 29.2. The highest BCUT2D eigenvalue weighted by Gasteiger charge is 2.20. The Bertz CT molecular complexity index is 1480. The molecule has 1 unspecified atom stereocenters. The molecule has 0 saturated carbocycles. The molecule has 1 amide bonds. The Hall–Kier alpha value is -4.03. The maximum atomic E-state index is 12.8. The first kappa shape index (κ1) is 24.1. The van der Waals surface area contributed by atoms with E-state index >= 15 is 0 Å². The Morgan fingerprint density at radius 1 is 1.06 bits per heavy atom. The van der Waals surface area contributed by atoms with E-state index in [1.807, 2.05) is 0 Å². The second-order valence-corrected chi connectivity index (χ2v) is 9.94. The van der Waals surface area contributed by atoms with Gasteiger partial charge in [-0.25, -0.2) is 18.1 Å². The fourth-order valence-corrected chi connectivity index (χ4v) is 4.93. The van der Waals surface area contributed by atoms with Gasteiger partial charge in [-0.2, -0.15) is 5.10 Å². The lowest BCUT2D eigenvalue weighted by atomic mass is 10.1. The Morgan fingerprint density at radius 2 is 1.77 bits per heavy atom. The first-order chi connectivity index (χ1) is 16.8. The molecule has 12 heteroatoms.